The SMILES string of the molecule is COC1CCCCC1(O)CCC(=O)O. The molecule has 1 aliphatic carbocycles. The fraction of sp³-hybridized carbons (Fsp3) is 0.900. The van der Waals surface area contributed by atoms with Crippen LogP contribution in [0.1, 0.15) is 38.5 Å². The number of rotatable bonds is 4. The summed E-state index contributed by atoms with van der Waals surface area (Å²) in [5, 5.41) is 18.8. The minimum absolute atomic E-state index is 0.0103. The van der Waals surface area contributed by atoms with E-state index in [2.05, 4.69) is 0 Å². The second-order valence-corrected chi connectivity index (χ2v) is 3.97. The Morgan fingerprint density at radius 2 is 2.29 bits per heavy atom. The van der Waals surface area contributed by atoms with E-state index in [1.807, 2.05) is 0 Å². The highest BCUT2D eigenvalue weighted by molar-refractivity contribution is 5.66. The lowest BCUT2D eigenvalue weighted by Crippen LogP contribution is -2.46. The molecular formula is C10H18O4. The summed E-state index contributed by atoms with van der Waals surface area (Å²) >= 11 is 0. The van der Waals surface area contributed by atoms with Crippen molar-refractivity contribution < 1.29 is 19.7 Å². The van der Waals surface area contributed by atoms with Crippen LogP contribution in [0.25, 0.3) is 0 Å². The molecule has 0 radical (unpaired) electrons. The van der Waals surface area contributed by atoms with Crippen molar-refractivity contribution in [1.82, 2.24) is 0 Å². The highest BCUT2D eigenvalue weighted by Crippen LogP contribution is 2.33. The van der Waals surface area contributed by atoms with Gasteiger partial charge in [0.15, 0.2) is 0 Å². The Balaban J connectivity index is 2.53. The van der Waals surface area contributed by atoms with E-state index in [1.165, 1.54) is 0 Å². The molecule has 1 fully saturated rings. The molecule has 0 aromatic heterocycles. The Kier molecular flexibility index (Phi) is 3.89. The highest BCUT2D eigenvalue weighted by Gasteiger charge is 2.39. The number of aliphatic hydroxyl groups is 1. The summed E-state index contributed by atoms with van der Waals surface area (Å²) in [5.74, 6) is -0.862. The maximum absolute atomic E-state index is 10.4. The number of methoxy groups -OCH3 is 1. The molecule has 0 bridgehead atoms. The van der Waals surface area contributed by atoms with E-state index >= 15 is 0 Å². The number of hydrogen-bond donors (Lipinski definition) is 2. The Labute approximate surface area is 83.9 Å². The molecule has 4 heteroatoms. The van der Waals surface area contributed by atoms with E-state index in [9.17, 15) is 9.90 Å². The van der Waals surface area contributed by atoms with Crippen LogP contribution in [0.5, 0.6) is 0 Å². The van der Waals surface area contributed by atoms with Crippen LogP contribution < -0.4 is 0 Å². The average molecular weight is 202 g/mol. The zero-order chi connectivity index (χ0) is 10.6. The first-order valence-electron chi connectivity index (χ1n) is 5.05. The summed E-state index contributed by atoms with van der Waals surface area (Å²) in [4.78, 5) is 10.4. The number of carboxylic acids is 1. The molecule has 0 aliphatic heterocycles. The topological polar surface area (TPSA) is 66.8 Å². The first kappa shape index (κ1) is 11.5. The van der Waals surface area contributed by atoms with Crippen molar-refractivity contribution in [2.75, 3.05) is 7.11 Å². The molecule has 82 valence electrons. The Morgan fingerprint density at radius 1 is 1.57 bits per heavy atom. The largest absolute Gasteiger partial charge is 0.481 e. The monoisotopic (exact) mass is 202 g/mol. The summed E-state index contributed by atoms with van der Waals surface area (Å²) in [6.07, 6.45) is 3.59. The predicted octanol–water partition coefficient (Wildman–Crippen LogP) is 1.17. The lowest BCUT2D eigenvalue weighted by Gasteiger charge is -2.38. The molecule has 1 aliphatic rings. The minimum atomic E-state index is -0.925. The third-order valence-corrected chi connectivity index (χ3v) is 2.98. The maximum atomic E-state index is 10.4. The molecule has 0 saturated heterocycles. The van der Waals surface area contributed by atoms with Gasteiger partial charge in [0.25, 0.3) is 0 Å². The fourth-order valence-corrected chi connectivity index (χ4v) is 2.14. The van der Waals surface area contributed by atoms with Gasteiger partial charge in [0.2, 0.25) is 0 Å². The van der Waals surface area contributed by atoms with Crippen LogP contribution in [-0.2, 0) is 9.53 Å². The Bertz CT molecular complexity index is 204. The van der Waals surface area contributed by atoms with Gasteiger partial charge in [-0.1, -0.05) is 12.8 Å². The first-order chi connectivity index (χ1) is 6.58. The summed E-state index contributed by atoms with van der Waals surface area (Å²) in [7, 11) is 1.57. The van der Waals surface area contributed by atoms with Crippen molar-refractivity contribution in [3.8, 4) is 0 Å². The van der Waals surface area contributed by atoms with Crippen molar-refractivity contribution in [2.24, 2.45) is 0 Å². The van der Waals surface area contributed by atoms with Crippen LogP contribution >= 0.6 is 0 Å². The third-order valence-electron chi connectivity index (χ3n) is 2.98. The number of aliphatic carboxylic acids is 1. The average Bonchev–Trinajstić information content (AvgIpc) is 2.16. The molecule has 0 aromatic rings. The first-order valence-corrected chi connectivity index (χ1v) is 5.05. The lowest BCUT2D eigenvalue weighted by molar-refractivity contribution is -0.145. The summed E-state index contributed by atoms with van der Waals surface area (Å²) in [6, 6.07) is 0. The van der Waals surface area contributed by atoms with E-state index < -0.39 is 11.6 Å². The van der Waals surface area contributed by atoms with Crippen molar-refractivity contribution in [1.29, 1.82) is 0 Å². The molecule has 2 unspecified atom stereocenters. The smallest absolute Gasteiger partial charge is 0.303 e. The van der Waals surface area contributed by atoms with Gasteiger partial charge in [-0.3, -0.25) is 4.79 Å². The normalized spacial score (nSPS) is 32.9. The lowest BCUT2D eigenvalue weighted by atomic mass is 9.79. The summed E-state index contributed by atoms with van der Waals surface area (Å²) in [6.45, 7) is 0. The van der Waals surface area contributed by atoms with Crippen molar-refractivity contribution in [2.45, 2.75) is 50.2 Å². The molecular weight excluding hydrogens is 184 g/mol. The van der Waals surface area contributed by atoms with Gasteiger partial charge in [-0.2, -0.15) is 0 Å². The number of carboxylic acid groups (broad SMARTS) is 1. The Hall–Kier alpha value is -0.610. The second kappa shape index (κ2) is 4.75. The molecule has 2 atom stereocenters. The molecule has 0 aromatic carbocycles. The van der Waals surface area contributed by atoms with Crippen molar-refractivity contribution in [3.63, 3.8) is 0 Å². The van der Waals surface area contributed by atoms with E-state index in [0.29, 0.717) is 12.8 Å². The van der Waals surface area contributed by atoms with Gasteiger partial charge in [-0.15, -0.1) is 0 Å². The summed E-state index contributed by atoms with van der Waals surface area (Å²) < 4.78 is 5.20. The molecule has 2 N–H and O–H groups in total. The van der Waals surface area contributed by atoms with Gasteiger partial charge < -0.3 is 14.9 Å². The molecule has 0 amide bonds. The molecule has 0 heterocycles. The molecule has 4 nitrogen and oxygen atoms in total. The van der Waals surface area contributed by atoms with Gasteiger partial charge in [0.05, 0.1) is 11.7 Å². The van der Waals surface area contributed by atoms with Gasteiger partial charge >= 0.3 is 5.97 Å². The quantitative estimate of drug-likeness (QED) is 0.718. The van der Waals surface area contributed by atoms with E-state index in [1.54, 1.807) is 7.11 Å². The highest BCUT2D eigenvalue weighted by atomic mass is 16.5. The zero-order valence-corrected chi connectivity index (χ0v) is 8.53. The van der Waals surface area contributed by atoms with E-state index in [-0.39, 0.29) is 12.5 Å². The van der Waals surface area contributed by atoms with Gasteiger partial charge in [-0.05, 0) is 19.3 Å². The molecule has 1 rings (SSSR count). The van der Waals surface area contributed by atoms with Gasteiger partial charge in [-0.25, -0.2) is 0 Å². The number of hydrogen-bond acceptors (Lipinski definition) is 3. The molecule has 0 spiro atoms. The zero-order valence-electron chi connectivity index (χ0n) is 8.53. The van der Waals surface area contributed by atoms with Gasteiger partial charge in [0.1, 0.15) is 0 Å². The predicted molar refractivity (Wildman–Crippen MR) is 51.1 cm³/mol. The Morgan fingerprint density at radius 3 is 2.86 bits per heavy atom. The van der Waals surface area contributed by atoms with E-state index in [0.717, 1.165) is 19.3 Å². The van der Waals surface area contributed by atoms with Crippen LogP contribution in [0.4, 0.5) is 0 Å². The molecule has 14 heavy (non-hydrogen) atoms. The van der Waals surface area contributed by atoms with Gasteiger partial charge in [0, 0.05) is 13.5 Å². The third kappa shape index (κ3) is 2.69. The maximum Gasteiger partial charge on any atom is 0.303 e. The second-order valence-electron chi connectivity index (χ2n) is 3.97. The van der Waals surface area contributed by atoms with Crippen molar-refractivity contribution in [3.05, 3.63) is 0 Å². The number of carbonyl (C=O) groups is 1. The van der Waals surface area contributed by atoms with Crippen LogP contribution in [0, 0.1) is 0 Å². The van der Waals surface area contributed by atoms with Crippen molar-refractivity contribution >= 4 is 5.97 Å². The van der Waals surface area contributed by atoms with Crippen LogP contribution in [-0.4, -0.2) is 35.0 Å². The van der Waals surface area contributed by atoms with Crippen LogP contribution in [0.15, 0.2) is 0 Å². The minimum Gasteiger partial charge on any atom is -0.481 e. The van der Waals surface area contributed by atoms with Crippen LogP contribution in [0.2, 0.25) is 0 Å². The van der Waals surface area contributed by atoms with E-state index in [4.69, 9.17) is 9.84 Å². The standard InChI is InChI=1S/C10H18O4/c1-14-8-4-2-3-6-10(8,13)7-5-9(11)12/h8,13H,2-7H2,1H3,(H,11,12). The fourth-order valence-electron chi connectivity index (χ4n) is 2.14. The molecule has 1 saturated carbocycles. The van der Waals surface area contributed by atoms with Crippen LogP contribution in [0.3, 0.4) is 0 Å². The summed E-state index contributed by atoms with van der Waals surface area (Å²) in [5.41, 5.74) is -0.925. The number of ether oxygens (including phenoxy) is 1.